The molecule has 0 unspecified atom stereocenters. The maximum Gasteiger partial charge on any atom is 0.254 e. The second-order valence-corrected chi connectivity index (χ2v) is 8.30. The van der Waals surface area contributed by atoms with Gasteiger partial charge in [-0.2, -0.15) is 0 Å². The van der Waals surface area contributed by atoms with Crippen molar-refractivity contribution in [3.8, 4) is 11.3 Å². The van der Waals surface area contributed by atoms with Crippen LogP contribution in [0.4, 0.5) is 5.88 Å². The molecule has 6 nitrogen and oxygen atoms in total. The molecule has 0 bridgehead atoms. The van der Waals surface area contributed by atoms with Crippen molar-refractivity contribution in [2.45, 2.75) is 38.8 Å². The number of ether oxygens (including phenoxy) is 1. The summed E-state index contributed by atoms with van der Waals surface area (Å²) in [5.74, 6) is 0.750. The molecule has 2 aromatic carbocycles. The molecule has 2 heterocycles. The minimum absolute atomic E-state index is 0.0273. The second kappa shape index (κ2) is 10.5. The van der Waals surface area contributed by atoms with E-state index in [1.807, 2.05) is 65.6 Å². The molecule has 32 heavy (non-hydrogen) atoms. The molecule has 0 spiro atoms. The predicted molar refractivity (Wildman–Crippen MR) is 126 cm³/mol. The second-order valence-electron chi connectivity index (χ2n) is 8.30. The van der Waals surface area contributed by atoms with Gasteiger partial charge in [0.25, 0.3) is 5.91 Å². The summed E-state index contributed by atoms with van der Waals surface area (Å²) in [6.45, 7) is 4.51. The van der Waals surface area contributed by atoms with Gasteiger partial charge in [-0.25, -0.2) is 0 Å². The Balaban J connectivity index is 1.73. The maximum absolute atomic E-state index is 13.4. The van der Waals surface area contributed by atoms with E-state index in [1.165, 1.54) is 6.42 Å². The van der Waals surface area contributed by atoms with Gasteiger partial charge in [-0.1, -0.05) is 53.7 Å². The van der Waals surface area contributed by atoms with E-state index in [1.54, 1.807) is 7.11 Å². The van der Waals surface area contributed by atoms with E-state index in [2.05, 4.69) is 17.0 Å². The number of anilines is 1. The number of aromatic nitrogens is 1. The topological polar surface area (TPSA) is 58.8 Å². The van der Waals surface area contributed by atoms with Crippen LogP contribution < -0.4 is 4.90 Å². The number of amides is 1. The van der Waals surface area contributed by atoms with Crippen molar-refractivity contribution in [3.05, 3.63) is 71.8 Å². The van der Waals surface area contributed by atoms with Crippen LogP contribution in [-0.4, -0.2) is 48.8 Å². The highest BCUT2D eigenvalue weighted by molar-refractivity contribution is 5.94. The number of carbonyl (C=O) groups excluding carboxylic acids is 1. The molecule has 0 saturated carbocycles. The van der Waals surface area contributed by atoms with Crippen LogP contribution >= 0.6 is 0 Å². The van der Waals surface area contributed by atoms with Crippen LogP contribution in [0.5, 0.6) is 0 Å². The monoisotopic (exact) mass is 433 g/mol. The van der Waals surface area contributed by atoms with Crippen LogP contribution in [0.3, 0.4) is 0 Å². The van der Waals surface area contributed by atoms with Gasteiger partial charge in [0.05, 0.1) is 18.7 Å². The fourth-order valence-electron chi connectivity index (χ4n) is 4.30. The van der Waals surface area contributed by atoms with Crippen molar-refractivity contribution in [2.24, 2.45) is 0 Å². The van der Waals surface area contributed by atoms with E-state index >= 15 is 0 Å². The number of carbonyl (C=O) groups is 1. The first-order valence-corrected chi connectivity index (χ1v) is 11.3. The molecule has 1 fully saturated rings. The summed E-state index contributed by atoms with van der Waals surface area (Å²) in [7, 11) is 1.65. The van der Waals surface area contributed by atoms with Gasteiger partial charge < -0.3 is 19.1 Å². The molecule has 4 rings (SSSR count). The summed E-state index contributed by atoms with van der Waals surface area (Å²) in [5, 5.41) is 4.48. The molecule has 0 N–H and O–H groups in total. The summed E-state index contributed by atoms with van der Waals surface area (Å²) >= 11 is 0. The number of hydrogen-bond donors (Lipinski definition) is 0. The molecular weight excluding hydrogens is 402 g/mol. The Morgan fingerprint density at radius 2 is 1.84 bits per heavy atom. The minimum atomic E-state index is -0.0273. The molecule has 3 aromatic rings. The van der Waals surface area contributed by atoms with Gasteiger partial charge in [-0.15, -0.1) is 0 Å². The molecule has 6 heteroatoms. The van der Waals surface area contributed by atoms with E-state index in [9.17, 15) is 4.79 Å². The van der Waals surface area contributed by atoms with Crippen molar-refractivity contribution in [2.75, 3.05) is 31.7 Å². The van der Waals surface area contributed by atoms with E-state index in [4.69, 9.17) is 9.26 Å². The highest BCUT2D eigenvalue weighted by atomic mass is 16.5. The summed E-state index contributed by atoms with van der Waals surface area (Å²) in [6, 6.07) is 19.8. The highest BCUT2D eigenvalue weighted by Gasteiger charge is 2.29. The van der Waals surface area contributed by atoms with Gasteiger partial charge >= 0.3 is 0 Å². The fraction of sp³-hybridized carbons (Fsp3) is 0.385. The average Bonchev–Trinajstić information content (AvgIpc) is 3.26. The van der Waals surface area contributed by atoms with Crippen molar-refractivity contribution in [1.82, 2.24) is 10.1 Å². The summed E-state index contributed by atoms with van der Waals surface area (Å²) in [5.41, 5.74) is 3.39. The lowest BCUT2D eigenvalue weighted by molar-refractivity contribution is 0.0680. The largest absolute Gasteiger partial charge is 0.383 e. The highest BCUT2D eigenvalue weighted by Crippen LogP contribution is 2.35. The maximum atomic E-state index is 13.4. The normalized spacial score (nSPS) is 16.2. The Morgan fingerprint density at radius 3 is 2.53 bits per heavy atom. The first-order chi connectivity index (χ1) is 15.7. The van der Waals surface area contributed by atoms with Crippen molar-refractivity contribution >= 4 is 11.8 Å². The van der Waals surface area contributed by atoms with Crippen LogP contribution in [0.2, 0.25) is 0 Å². The van der Waals surface area contributed by atoms with Crippen LogP contribution in [-0.2, 0) is 11.3 Å². The average molecular weight is 434 g/mol. The third kappa shape index (κ3) is 4.86. The number of rotatable bonds is 8. The van der Waals surface area contributed by atoms with Crippen LogP contribution in [0, 0.1) is 0 Å². The predicted octanol–water partition coefficient (Wildman–Crippen LogP) is 5.01. The lowest BCUT2D eigenvalue weighted by Crippen LogP contribution is -2.39. The summed E-state index contributed by atoms with van der Waals surface area (Å²) in [4.78, 5) is 17.5. The number of hydrogen-bond acceptors (Lipinski definition) is 5. The van der Waals surface area contributed by atoms with Gasteiger partial charge in [0.1, 0.15) is 5.69 Å². The molecule has 1 aromatic heterocycles. The van der Waals surface area contributed by atoms with E-state index in [-0.39, 0.29) is 5.91 Å². The Labute approximate surface area is 189 Å². The lowest BCUT2D eigenvalue weighted by atomic mass is 10.0. The first kappa shape index (κ1) is 22.1. The molecule has 1 saturated heterocycles. The smallest absolute Gasteiger partial charge is 0.254 e. The van der Waals surface area contributed by atoms with Crippen molar-refractivity contribution in [1.29, 1.82) is 0 Å². The fourth-order valence-corrected chi connectivity index (χ4v) is 4.30. The lowest BCUT2D eigenvalue weighted by Gasteiger charge is -2.34. The van der Waals surface area contributed by atoms with E-state index in [0.29, 0.717) is 31.3 Å². The standard InChI is InChI=1S/C26H31N3O3/c1-20-11-9-10-16-29(20)26-23(24(27-32-26)21-12-5-3-6-13-21)19-28(17-18-31-2)25(30)22-14-7-4-8-15-22/h3-8,12-15,20H,9-11,16-19H2,1-2H3/t20-/m1/s1. The van der Waals surface area contributed by atoms with Crippen molar-refractivity contribution < 1.29 is 14.1 Å². The molecule has 0 aliphatic carbocycles. The molecule has 1 aliphatic rings. The number of nitrogens with zero attached hydrogens (tertiary/aromatic N) is 3. The first-order valence-electron chi connectivity index (χ1n) is 11.3. The van der Waals surface area contributed by atoms with Crippen molar-refractivity contribution in [3.63, 3.8) is 0 Å². The number of methoxy groups -OCH3 is 1. The van der Waals surface area contributed by atoms with Gasteiger partial charge in [0.15, 0.2) is 0 Å². The minimum Gasteiger partial charge on any atom is -0.383 e. The molecule has 168 valence electrons. The number of benzene rings is 2. The zero-order chi connectivity index (χ0) is 22.3. The van der Waals surface area contributed by atoms with Gasteiger partial charge in [-0.05, 0) is 38.3 Å². The third-order valence-corrected chi connectivity index (χ3v) is 6.10. The molecular formula is C26H31N3O3. The summed E-state index contributed by atoms with van der Waals surface area (Å²) in [6.07, 6.45) is 3.47. The third-order valence-electron chi connectivity index (χ3n) is 6.10. The SMILES string of the molecule is COCCN(Cc1c(-c2ccccc2)noc1N1CCCC[C@H]1C)C(=O)c1ccccc1. The molecule has 1 amide bonds. The van der Waals surface area contributed by atoms with Crippen LogP contribution in [0.25, 0.3) is 11.3 Å². The quantitative estimate of drug-likeness (QED) is 0.500. The Hall–Kier alpha value is -3.12. The Bertz CT molecular complexity index is 1000. The van der Waals surface area contributed by atoms with Gasteiger partial charge in [-0.3, -0.25) is 4.79 Å². The zero-order valence-electron chi connectivity index (χ0n) is 18.9. The van der Waals surface area contributed by atoms with Gasteiger partial charge in [0, 0.05) is 37.4 Å². The zero-order valence-corrected chi connectivity index (χ0v) is 18.9. The van der Waals surface area contributed by atoms with E-state index in [0.717, 1.165) is 42.1 Å². The molecule has 1 aliphatic heterocycles. The Morgan fingerprint density at radius 1 is 1.12 bits per heavy atom. The number of piperidine rings is 1. The molecule has 0 radical (unpaired) electrons. The van der Waals surface area contributed by atoms with Crippen LogP contribution in [0.1, 0.15) is 42.1 Å². The Kier molecular flexibility index (Phi) is 7.22. The van der Waals surface area contributed by atoms with E-state index < -0.39 is 0 Å². The summed E-state index contributed by atoms with van der Waals surface area (Å²) < 4.78 is 11.3. The molecule has 1 atom stereocenters. The van der Waals surface area contributed by atoms with Gasteiger partial charge in [0.2, 0.25) is 5.88 Å². The van der Waals surface area contributed by atoms with Crippen LogP contribution in [0.15, 0.2) is 65.2 Å².